The molecular weight excluding hydrogens is 448 g/mol. The maximum atomic E-state index is 12.7. The minimum Gasteiger partial charge on any atom is -0.800 e. The Labute approximate surface area is 199 Å². The lowest BCUT2D eigenvalue weighted by molar-refractivity contribution is 0.0999. The molecule has 4 aromatic rings. The van der Waals surface area contributed by atoms with Gasteiger partial charge in [-0.25, -0.2) is 0 Å². The van der Waals surface area contributed by atoms with E-state index in [0.717, 1.165) is 66.6 Å². The zero-order valence-electron chi connectivity index (χ0n) is 19.0. The number of H-pyrrole nitrogens is 2. The van der Waals surface area contributed by atoms with Gasteiger partial charge in [0.05, 0.1) is 11.3 Å². The van der Waals surface area contributed by atoms with Gasteiger partial charge in [-0.05, 0) is 59.2 Å². The van der Waals surface area contributed by atoms with E-state index in [9.17, 15) is 13.9 Å². The highest BCUT2D eigenvalue weighted by molar-refractivity contribution is 8.24. The topological polar surface area (TPSA) is 101 Å². The van der Waals surface area contributed by atoms with Gasteiger partial charge in [0.2, 0.25) is 0 Å². The molecule has 2 saturated heterocycles. The van der Waals surface area contributed by atoms with Crippen LogP contribution in [0.15, 0.2) is 59.4 Å². The van der Waals surface area contributed by atoms with E-state index in [4.69, 9.17) is 0 Å². The molecule has 1 atom stereocenters. The van der Waals surface area contributed by atoms with Crippen molar-refractivity contribution in [1.82, 2.24) is 19.8 Å². The molecule has 4 heterocycles. The molecule has 8 heteroatoms. The minimum absolute atomic E-state index is 0.0987. The zero-order chi connectivity index (χ0) is 23.3. The largest absolute Gasteiger partial charge is 0.800 e. The summed E-state index contributed by atoms with van der Waals surface area (Å²) in [4.78, 5) is 23.8. The molecule has 0 spiro atoms. The molecule has 2 aliphatic rings. The first-order valence-electron chi connectivity index (χ1n) is 11.8. The van der Waals surface area contributed by atoms with Gasteiger partial charge < -0.3 is 29.7 Å². The molecule has 0 bridgehead atoms. The molecule has 0 radical (unpaired) electrons. The van der Waals surface area contributed by atoms with Crippen molar-refractivity contribution >= 4 is 32.4 Å². The molecule has 2 N–H and O–H groups in total. The SMILES string of the molecule is O=c1[nH]c2ccccc2cc1-c1cc2cc(CN3CCN(C4CCS([O-])([O-])C4)CC3)ccc2[nH]1. The Morgan fingerprint density at radius 3 is 2.50 bits per heavy atom. The number of nitrogens with zero attached hydrogens (tertiary/aromatic N) is 2. The van der Waals surface area contributed by atoms with Gasteiger partial charge in [0, 0.05) is 55.2 Å². The van der Waals surface area contributed by atoms with Gasteiger partial charge >= 0.3 is 0 Å². The Balaban J connectivity index is 1.16. The fourth-order valence-corrected chi connectivity index (χ4v) is 7.14. The van der Waals surface area contributed by atoms with Crippen LogP contribution in [0.1, 0.15) is 12.0 Å². The van der Waals surface area contributed by atoms with Gasteiger partial charge in [0.15, 0.2) is 0 Å². The van der Waals surface area contributed by atoms with Crippen molar-refractivity contribution in [3.05, 3.63) is 70.5 Å². The van der Waals surface area contributed by atoms with Crippen LogP contribution in [0, 0.1) is 0 Å². The van der Waals surface area contributed by atoms with E-state index in [-0.39, 0.29) is 11.6 Å². The summed E-state index contributed by atoms with van der Waals surface area (Å²) in [7, 11) is -2.84. The molecule has 6 rings (SSSR count). The van der Waals surface area contributed by atoms with Crippen molar-refractivity contribution in [2.75, 3.05) is 37.7 Å². The van der Waals surface area contributed by atoms with Crippen LogP contribution in [0.4, 0.5) is 0 Å². The number of nitrogens with one attached hydrogen (secondary N) is 2. The number of pyridine rings is 1. The van der Waals surface area contributed by atoms with Crippen molar-refractivity contribution < 1.29 is 9.11 Å². The van der Waals surface area contributed by atoms with E-state index in [1.807, 2.05) is 30.3 Å². The van der Waals surface area contributed by atoms with E-state index in [1.165, 1.54) is 5.56 Å². The molecule has 0 saturated carbocycles. The van der Waals surface area contributed by atoms with Gasteiger partial charge in [-0.1, -0.05) is 24.3 Å². The zero-order valence-corrected chi connectivity index (χ0v) is 19.8. The number of fused-ring (bicyclic) bond motifs is 2. The third-order valence-electron chi connectivity index (χ3n) is 7.27. The standard InChI is InChI=1S/C26H30N4O3S/c31-26-22(14-19-3-1-2-4-23(19)28-26)25-15-20-13-18(5-6-24(20)27-25)16-29-8-10-30(11-9-29)21-7-12-34(32,33)17-21/h1-6,13-15,21,27,32-33H,7-12,16-17H2,(H,28,31)/p-2. The Morgan fingerprint density at radius 2 is 1.71 bits per heavy atom. The van der Waals surface area contributed by atoms with Crippen LogP contribution in [0.3, 0.4) is 0 Å². The van der Waals surface area contributed by atoms with Crippen LogP contribution in [0.25, 0.3) is 33.1 Å². The fraction of sp³-hybridized carbons (Fsp3) is 0.346. The average molecular weight is 477 g/mol. The van der Waals surface area contributed by atoms with E-state index in [1.54, 1.807) is 0 Å². The Bertz CT molecular complexity index is 1400. The lowest BCUT2D eigenvalue weighted by atomic mass is 10.1. The maximum Gasteiger partial charge on any atom is 0.257 e. The van der Waals surface area contributed by atoms with Gasteiger partial charge in [-0.2, -0.15) is 0 Å². The lowest BCUT2D eigenvalue weighted by Crippen LogP contribution is -2.50. The molecule has 0 aliphatic carbocycles. The highest BCUT2D eigenvalue weighted by atomic mass is 32.3. The number of aromatic nitrogens is 2. The number of sulfone groups is 1. The second-order valence-corrected chi connectivity index (χ2v) is 11.8. The van der Waals surface area contributed by atoms with Crippen LogP contribution in [0.2, 0.25) is 0 Å². The Hall–Kier alpha value is -2.62. The number of hydrogen-bond donors (Lipinski definition) is 2. The third-order valence-corrected chi connectivity index (χ3v) is 9.02. The van der Waals surface area contributed by atoms with Crippen LogP contribution >= 0.6 is 10.6 Å². The second kappa shape index (κ2) is 8.55. The molecular formula is C26H28N4O3S-2. The molecule has 2 aromatic heterocycles. The third kappa shape index (κ3) is 4.28. The van der Waals surface area contributed by atoms with E-state index < -0.39 is 10.6 Å². The van der Waals surface area contributed by atoms with Crippen molar-refractivity contribution in [2.24, 2.45) is 0 Å². The lowest BCUT2D eigenvalue weighted by Gasteiger charge is -2.57. The maximum absolute atomic E-state index is 12.7. The van der Waals surface area contributed by atoms with Gasteiger partial charge in [-0.3, -0.25) is 14.6 Å². The highest BCUT2D eigenvalue weighted by Crippen LogP contribution is 2.46. The number of piperazine rings is 1. The molecule has 0 amide bonds. The fourth-order valence-electron chi connectivity index (χ4n) is 5.38. The number of benzene rings is 2. The molecule has 178 valence electrons. The van der Waals surface area contributed by atoms with Gasteiger partial charge in [-0.15, -0.1) is 0 Å². The van der Waals surface area contributed by atoms with E-state index >= 15 is 0 Å². The van der Waals surface area contributed by atoms with Crippen molar-refractivity contribution in [3.8, 4) is 11.3 Å². The Morgan fingerprint density at radius 1 is 0.912 bits per heavy atom. The molecule has 2 aromatic carbocycles. The number of rotatable bonds is 4. The summed E-state index contributed by atoms with van der Waals surface area (Å²) in [6.45, 7) is 4.59. The van der Waals surface area contributed by atoms with Crippen LogP contribution in [0.5, 0.6) is 0 Å². The van der Waals surface area contributed by atoms with Crippen molar-refractivity contribution in [1.29, 1.82) is 0 Å². The quantitative estimate of drug-likeness (QED) is 0.468. The van der Waals surface area contributed by atoms with Crippen LogP contribution in [-0.2, 0) is 6.54 Å². The molecule has 2 aliphatic heterocycles. The summed E-state index contributed by atoms with van der Waals surface area (Å²) in [5.74, 6) is 0.654. The first kappa shape index (κ1) is 21.9. The van der Waals surface area contributed by atoms with Crippen LogP contribution < -0.4 is 5.56 Å². The highest BCUT2D eigenvalue weighted by Gasteiger charge is 2.27. The minimum atomic E-state index is -2.84. The summed E-state index contributed by atoms with van der Waals surface area (Å²) in [5, 5.41) is 2.10. The van der Waals surface area contributed by atoms with Crippen molar-refractivity contribution in [3.63, 3.8) is 0 Å². The molecule has 34 heavy (non-hydrogen) atoms. The van der Waals surface area contributed by atoms with Gasteiger partial charge in [0.1, 0.15) is 0 Å². The average Bonchev–Trinajstić information content (AvgIpc) is 3.41. The number of para-hydroxylation sites is 1. The van der Waals surface area contributed by atoms with E-state index in [2.05, 4.69) is 44.0 Å². The smallest absolute Gasteiger partial charge is 0.257 e. The van der Waals surface area contributed by atoms with Crippen LogP contribution in [-0.4, -0.2) is 72.6 Å². The summed E-state index contributed by atoms with van der Waals surface area (Å²) in [5.41, 5.74) is 4.45. The number of aromatic amines is 2. The second-order valence-electron chi connectivity index (χ2n) is 9.57. The summed E-state index contributed by atoms with van der Waals surface area (Å²) >= 11 is 0. The molecule has 1 unspecified atom stereocenters. The molecule has 2 fully saturated rings. The summed E-state index contributed by atoms with van der Waals surface area (Å²) < 4.78 is 23.6. The number of hydrogen-bond acceptors (Lipinski definition) is 5. The predicted octanol–water partition coefficient (Wildman–Crippen LogP) is 3.63. The molecule has 7 nitrogen and oxygen atoms in total. The van der Waals surface area contributed by atoms with Crippen molar-refractivity contribution in [2.45, 2.75) is 19.0 Å². The predicted molar refractivity (Wildman–Crippen MR) is 136 cm³/mol. The first-order valence-corrected chi connectivity index (χ1v) is 13.7. The van der Waals surface area contributed by atoms with E-state index in [0.29, 0.717) is 17.1 Å². The Kier molecular flexibility index (Phi) is 5.50. The summed E-state index contributed by atoms with van der Waals surface area (Å²) in [6, 6.07) is 18.4. The summed E-state index contributed by atoms with van der Waals surface area (Å²) in [6.07, 6.45) is 0.773. The first-order chi connectivity index (χ1) is 16.4. The monoisotopic (exact) mass is 476 g/mol. The van der Waals surface area contributed by atoms with Gasteiger partial charge in [0.25, 0.3) is 5.56 Å². The normalized spacial score (nSPS) is 22.5.